The molecule has 19 heavy (non-hydrogen) atoms. The van der Waals surface area contributed by atoms with E-state index in [-0.39, 0.29) is 12.6 Å². The van der Waals surface area contributed by atoms with Gasteiger partial charge in [-0.2, -0.15) is 0 Å². The number of rotatable bonds is 7. The van der Waals surface area contributed by atoms with Gasteiger partial charge < -0.3 is 15.7 Å². The van der Waals surface area contributed by atoms with Crippen molar-refractivity contribution in [1.82, 2.24) is 10.6 Å². The van der Waals surface area contributed by atoms with E-state index in [1.807, 2.05) is 26.0 Å². The fraction of sp³-hybridized carbons (Fsp3) is 0.615. The second kappa shape index (κ2) is 7.72. The van der Waals surface area contributed by atoms with E-state index < -0.39 is 5.54 Å². The van der Waals surface area contributed by atoms with Crippen LogP contribution in [0, 0.1) is 0 Å². The molecule has 2 amide bonds. The fourth-order valence-corrected chi connectivity index (χ4v) is 2.92. The number of carbonyl (C=O) groups excluding carboxylic acids is 1. The van der Waals surface area contributed by atoms with Crippen LogP contribution in [-0.4, -0.2) is 29.8 Å². The zero-order valence-electron chi connectivity index (χ0n) is 11.3. The molecule has 0 spiro atoms. The van der Waals surface area contributed by atoms with Crippen LogP contribution in [0.25, 0.3) is 0 Å². The molecule has 0 saturated carbocycles. The second-order valence-corrected chi connectivity index (χ2v) is 6.61. The van der Waals surface area contributed by atoms with E-state index in [1.54, 1.807) is 0 Å². The summed E-state index contributed by atoms with van der Waals surface area (Å²) in [5, 5.41) is 14.9. The average molecular weight is 305 g/mol. The zero-order valence-corrected chi connectivity index (χ0v) is 12.9. The van der Waals surface area contributed by atoms with Gasteiger partial charge in [0.15, 0.2) is 0 Å². The Morgan fingerprint density at radius 1 is 1.53 bits per heavy atom. The molecule has 0 saturated heterocycles. The summed E-state index contributed by atoms with van der Waals surface area (Å²) in [5.41, 5.74) is -0.551. The third-order valence-electron chi connectivity index (χ3n) is 2.85. The first-order valence-electron chi connectivity index (χ1n) is 6.40. The highest BCUT2D eigenvalue weighted by Crippen LogP contribution is 2.21. The summed E-state index contributed by atoms with van der Waals surface area (Å²) in [6.07, 6.45) is 2.41. The summed E-state index contributed by atoms with van der Waals surface area (Å²) >= 11 is 7.35. The zero-order chi connectivity index (χ0) is 14.3. The topological polar surface area (TPSA) is 61.4 Å². The molecule has 0 aliphatic rings. The fourth-order valence-electron chi connectivity index (χ4n) is 1.84. The van der Waals surface area contributed by atoms with Crippen molar-refractivity contribution in [2.75, 3.05) is 13.2 Å². The predicted molar refractivity (Wildman–Crippen MR) is 80.0 cm³/mol. The summed E-state index contributed by atoms with van der Waals surface area (Å²) in [6.45, 7) is 4.36. The third-order valence-corrected chi connectivity index (χ3v) is 4.14. The van der Waals surface area contributed by atoms with Crippen molar-refractivity contribution in [3.05, 3.63) is 21.3 Å². The first-order chi connectivity index (χ1) is 8.99. The molecule has 108 valence electrons. The Labute approximate surface area is 123 Å². The van der Waals surface area contributed by atoms with Crippen molar-refractivity contribution in [2.45, 2.75) is 38.6 Å². The molecule has 0 aromatic carbocycles. The Morgan fingerprint density at radius 3 is 2.79 bits per heavy atom. The minimum absolute atomic E-state index is 0.0607. The number of hydrogen-bond acceptors (Lipinski definition) is 3. The van der Waals surface area contributed by atoms with E-state index in [0.29, 0.717) is 6.54 Å². The SMILES string of the molecule is CCCC(C)(CO)NC(=O)NCCc1ccc(Cl)s1. The van der Waals surface area contributed by atoms with Gasteiger partial charge in [-0.15, -0.1) is 11.3 Å². The first-order valence-corrected chi connectivity index (χ1v) is 7.59. The molecule has 1 heterocycles. The van der Waals surface area contributed by atoms with Gasteiger partial charge in [0.2, 0.25) is 0 Å². The molecule has 0 aliphatic heterocycles. The highest BCUT2D eigenvalue weighted by molar-refractivity contribution is 7.16. The van der Waals surface area contributed by atoms with Crippen LogP contribution >= 0.6 is 22.9 Å². The van der Waals surface area contributed by atoms with Crippen LogP contribution in [0.4, 0.5) is 4.79 Å². The lowest BCUT2D eigenvalue weighted by molar-refractivity contribution is 0.163. The molecule has 1 aromatic heterocycles. The van der Waals surface area contributed by atoms with E-state index in [4.69, 9.17) is 11.6 Å². The lowest BCUT2D eigenvalue weighted by Crippen LogP contribution is -2.52. The average Bonchev–Trinajstić information content (AvgIpc) is 2.75. The van der Waals surface area contributed by atoms with Gasteiger partial charge in [-0.05, 0) is 31.9 Å². The molecular formula is C13H21ClN2O2S. The van der Waals surface area contributed by atoms with E-state index in [9.17, 15) is 9.90 Å². The maximum Gasteiger partial charge on any atom is 0.315 e. The lowest BCUT2D eigenvalue weighted by Gasteiger charge is -2.28. The summed E-state index contributed by atoms with van der Waals surface area (Å²) in [5.74, 6) is 0. The number of aliphatic hydroxyl groups is 1. The van der Waals surface area contributed by atoms with Crippen LogP contribution in [0.3, 0.4) is 0 Å². The number of carbonyl (C=O) groups is 1. The predicted octanol–water partition coefficient (Wildman–Crippen LogP) is 2.79. The number of aliphatic hydroxyl groups excluding tert-OH is 1. The standard InChI is InChI=1S/C13H21ClN2O2S/c1-3-7-13(2,9-17)16-12(18)15-8-6-10-4-5-11(14)19-10/h4-5,17H,3,6-9H2,1-2H3,(H2,15,16,18). The summed E-state index contributed by atoms with van der Waals surface area (Å²) in [6, 6.07) is 3.57. The van der Waals surface area contributed by atoms with Crippen LogP contribution in [0.2, 0.25) is 4.34 Å². The van der Waals surface area contributed by atoms with E-state index in [0.717, 1.165) is 28.5 Å². The van der Waals surface area contributed by atoms with Crippen molar-refractivity contribution in [1.29, 1.82) is 0 Å². The van der Waals surface area contributed by atoms with Crippen molar-refractivity contribution in [2.24, 2.45) is 0 Å². The molecule has 0 radical (unpaired) electrons. The van der Waals surface area contributed by atoms with Gasteiger partial charge in [0.25, 0.3) is 0 Å². The number of amides is 2. The van der Waals surface area contributed by atoms with Gasteiger partial charge in [-0.1, -0.05) is 24.9 Å². The molecule has 6 heteroatoms. The first kappa shape index (κ1) is 16.3. The number of hydrogen-bond donors (Lipinski definition) is 3. The van der Waals surface area contributed by atoms with Crippen LogP contribution in [0.1, 0.15) is 31.6 Å². The van der Waals surface area contributed by atoms with Gasteiger partial charge in [0, 0.05) is 11.4 Å². The molecule has 1 aromatic rings. The van der Waals surface area contributed by atoms with Gasteiger partial charge in [-0.25, -0.2) is 4.79 Å². The molecular weight excluding hydrogens is 284 g/mol. The molecule has 0 aliphatic carbocycles. The maximum atomic E-state index is 11.7. The van der Waals surface area contributed by atoms with Crippen molar-refractivity contribution >= 4 is 29.0 Å². The summed E-state index contributed by atoms with van der Waals surface area (Å²) in [7, 11) is 0. The van der Waals surface area contributed by atoms with Gasteiger partial charge in [0.05, 0.1) is 16.5 Å². The van der Waals surface area contributed by atoms with Crippen molar-refractivity contribution < 1.29 is 9.90 Å². The Hall–Kier alpha value is -0.780. The Balaban J connectivity index is 2.31. The summed E-state index contributed by atoms with van der Waals surface area (Å²) in [4.78, 5) is 12.9. The molecule has 0 bridgehead atoms. The molecule has 1 rings (SSSR count). The van der Waals surface area contributed by atoms with Gasteiger partial charge in [0.1, 0.15) is 0 Å². The summed E-state index contributed by atoms with van der Waals surface area (Å²) < 4.78 is 0.759. The van der Waals surface area contributed by atoms with Gasteiger partial charge >= 0.3 is 6.03 Å². The van der Waals surface area contributed by atoms with Crippen molar-refractivity contribution in [3.8, 4) is 0 Å². The van der Waals surface area contributed by atoms with Crippen LogP contribution in [0.5, 0.6) is 0 Å². The number of halogens is 1. The minimum atomic E-state index is -0.551. The monoisotopic (exact) mass is 304 g/mol. The molecule has 3 N–H and O–H groups in total. The number of nitrogens with one attached hydrogen (secondary N) is 2. The van der Waals surface area contributed by atoms with Crippen LogP contribution < -0.4 is 10.6 Å². The van der Waals surface area contributed by atoms with E-state index in [1.165, 1.54) is 11.3 Å². The Kier molecular flexibility index (Phi) is 6.62. The highest BCUT2D eigenvalue weighted by Gasteiger charge is 2.24. The normalized spacial score (nSPS) is 13.9. The van der Waals surface area contributed by atoms with E-state index >= 15 is 0 Å². The molecule has 4 nitrogen and oxygen atoms in total. The molecule has 1 unspecified atom stereocenters. The third kappa shape index (κ3) is 5.80. The second-order valence-electron chi connectivity index (χ2n) is 4.81. The van der Waals surface area contributed by atoms with Crippen LogP contribution in [-0.2, 0) is 6.42 Å². The maximum absolute atomic E-state index is 11.7. The quantitative estimate of drug-likeness (QED) is 0.725. The highest BCUT2D eigenvalue weighted by atomic mass is 35.5. The number of urea groups is 1. The van der Waals surface area contributed by atoms with Gasteiger partial charge in [-0.3, -0.25) is 0 Å². The smallest absolute Gasteiger partial charge is 0.315 e. The molecule has 1 atom stereocenters. The Bertz CT molecular complexity index is 411. The largest absolute Gasteiger partial charge is 0.394 e. The Morgan fingerprint density at radius 2 is 2.26 bits per heavy atom. The number of thiophene rings is 1. The minimum Gasteiger partial charge on any atom is -0.394 e. The van der Waals surface area contributed by atoms with Crippen molar-refractivity contribution in [3.63, 3.8) is 0 Å². The van der Waals surface area contributed by atoms with Crippen LogP contribution in [0.15, 0.2) is 12.1 Å². The lowest BCUT2D eigenvalue weighted by atomic mass is 9.98. The molecule has 0 fully saturated rings. The van der Waals surface area contributed by atoms with E-state index in [2.05, 4.69) is 10.6 Å².